The molecule has 0 saturated carbocycles. The third-order valence-corrected chi connectivity index (χ3v) is 1.29. The first-order valence-electron chi connectivity index (χ1n) is 3.23. The molecule has 0 atom stereocenters. The summed E-state index contributed by atoms with van der Waals surface area (Å²) in [4.78, 5) is 10.9. The molecule has 1 aromatic rings. The van der Waals surface area contributed by atoms with Crippen LogP contribution in [-0.2, 0) is 6.54 Å². The molecule has 0 spiro atoms. The third kappa shape index (κ3) is 1.56. The predicted octanol–water partition coefficient (Wildman–Crippen LogP) is 1.11. The SMILES string of the molecule is C=CC(=O)c1ccc(CN)o1. The lowest BCUT2D eigenvalue weighted by molar-refractivity contribution is 0.102. The molecule has 0 aliphatic rings. The van der Waals surface area contributed by atoms with Gasteiger partial charge in [-0.3, -0.25) is 4.79 Å². The van der Waals surface area contributed by atoms with Gasteiger partial charge in [0, 0.05) is 0 Å². The van der Waals surface area contributed by atoms with Gasteiger partial charge in [0.2, 0.25) is 5.78 Å². The maximum atomic E-state index is 10.9. The van der Waals surface area contributed by atoms with E-state index in [9.17, 15) is 4.79 Å². The molecule has 0 amide bonds. The Kier molecular flexibility index (Phi) is 2.23. The van der Waals surface area contributed by atoms with Gasteiger partial charge in [-0.2, -0.15) is 0 Å². The number of allylic oxidation sites excluding steroid dienone is 1. The summed E-state index contributed by atoms with van der Waals surface area (Å²) in [7, 11) is 0. The first-order valence-corrected chi connectivity index (χ1v) is 3.23. The summed E-state index contributed by atoms with van der Waals surface area (Å²) in [5.74, 6) is 0.681. The van der Waals surface area contributed by atoms with Crippen molar-refractivity contribution in [3.63, 3.8) is 0 Å². The van der Waals surface area contributed by atoms with E-state index in [1.807, 2.05) is 0 Å². The van der Waals surface area contributed by atoms with E-state index in [0.29, 0.717) is 18.1 Å². The van der Waals surface area contributed by atoms with Crippen molar-refractivity contribution in [1.29, 1.82) is 0 Å². The average molecular weight is 151 g/mol. The summed E-state index contributed by atoms with van der Waals surface area (Å²) in [6.45, 7) is 3.64. The van der Waals surface area contributed by atoms with Crippen LogP contribution in [0.2, 0.25) is 0 Å². The van der Waals surface area contributed by atoms with Gasteiger partial charge < -0.3 is 10.2 Å². The van der Waals surface area contributed by atoms with Gasteiger partial charge in [0.1, 0.15) is 5.76 Å². The smallest absolute Gasteiger partial charge is 0.220 e. The van der Waals surface area contributed by atoms with Crippen LogP contribution in [0.4, 0.5) is 0 Å². The lowest BCUT2D eigenvalue weighted by atomic mass is 10.3. The molecule has 58 valence electrons. The number of hydrogen-bond donors (Lipinski definition) is 1. The second kappa shape index (κ2) is 3.16. The molecule has 2 N–H and O–H groups in total. The van der Waals surface area contributed by atoms with Crippen LogP contribution in [0.3, 0.4) is 0 Å². The standard InChI is InChI=1S/C8H9NO2/c1-2-7(10)8-4-3-6(5-9)11-8/h2-4H,1,5,9H2. The summed E-state index contributed by atoms with van der Waals surface area (Å²) in [6.07, 6.45) is 1.21. The van der Waals surface area contributed by atoms with Crippen LogP contribution in [0.15, 0.2) is 29.2 Å². The predicted molar refractivity (Wildman–Crippen MR) is 41.1 cm³/mol. The number of nitrogens with two attached hydrogens (primary N) is 1. The van der Waals surface area contributed by atoms with Crippen LogP contribution in [-0.4, -0.2) is 5.78 Å². The number of ketones is 1. The maximum absolute atomic E-state index is 10.9. The van der Waals surface area contributed by atoms with Gasteiger partial charge in [-0.1, -0.05) is 6.58 Å². The van der Waals surface area contributed by atoms with Crippen LogP contribution in [0.25, 0.3) is 0 Å². The minimum atomic E-state index is -0.218. The fourth-order valence-electron chi connectivity index (χ4n) is 0.721. The van der Waals surface area contributed by atoms with E-state index >= 15 is 0 Å². The first kappa shape index (κ1) is 7.75. The number of rotatable bonds is 3. The molecule has 3 heteroatoms. The zero-order valence-corrected chi connectivity index (χ0v) is 6.04. The number of hydrogen-bond acceptors (Lipinski definition) is 3. The molecular weight excluding hydrogens is 142 g/mol. The average Bonchev–Trinajstić information content (AvgIpc) is 2.50. The Balaban J connectivity index is 2.88. The Labute approximate surface area is 64.5 Å². The minimum Gasteiger partial charge on any atom is -0.456 e. The summed E-state index contributed by atoms with van der Waals surface area (Å²) >= 11 is 0. The fourth-order valence-corrected chi connectivity index (χ4v) is 0.721. The molecule has 0 saturated heterocycles. The Morgan fingerprint density at radius 3 is 2.91 bits per heavy atom. The third-order valence-electron chi connectivity index (χ3n) is 1.29. The molecule has 0 unspecified atom stereocenters. The second-order valence-corrected chi connectivity index (χ2v) is 2.04. The lowest BCUT2D eigenvalue weighted by Crippen LogP contribution is -1.94. The quantitative estimate of drug-likeness (QED) is 0.520. The molecular formula is C8H9NO2. The monoisotopic (exact) mass is 151 g/mol. The number of carbonyl (C=O) groups is 1. The van der Waals surface area contributed by atoms with Crippen molar-refractivity contribution >= 4 is 5.78 Å². The maximum Gasteiger partial charge on any atom is 0.220 e. The highest BCUT2D eigenvalue weighted by molar-refractivity contribution is 6.01. The van der Waals surface area contributed by atoms with Crippen LogP contribution in [0.1, 0.15) is 16.3 Å². The van der Waals surface area contributed by atoms with Gasteiger partial charge in [-0.05, 0) is 18.2 Å². The molecule has 1 rings (SSSR count). The van der Waals surface area contributed by atoms with Crippen molar-refractivity contribution in [1.82, 2.24) is 0 Å². The Bertz CT molecular complexity index is 275. The van der Waals surface area contributed by atoms with Gasteiger partial charge in [-0.25, -0.2) is 0 Å². The molecule has 11 heavy (non-hydrogen) atoms. The van der Waals surface area contributed by atoms with Crippen molar-refractivity contribution in [3.05, 3.63) is 36.3 Å². The largest absolute Gasteiger partial charge is 0.456 e. The summed E-state index contributed by atoms with van der Waals surface area (Å²) in [5.41, 5.74) is 5.27. The molecule has 0 aliphatic heterocycles. The zero-order chi connectivity index (χ0) is 8.27. The van der Waals surface area contributed by atoms with Crippen molar-refractivity contribution in [2.24, 2.45) is 5.73 Å². The fraction of sp³-hybridized carbons (Fsp3) is 0.125. The van der Waals surface area contributed by atoms with Crippen molar-refractivity contribution in [2.75, 3.05) is 0 Å². The molecule has 0 aromatic carbocycles. The summed E-state index contributed by atoms with van der Waals surface area (Å²) < 4.78 is 5.04. The van der Waals surface area contributed by atoms with E-state index in [1.165, 1.54) is 6.08 Å². The molecule has 0 radical (unpaired) electrons. The van der Waals surface area contributed by atoms with Crippen molar-refractivity contribution in [3.8, 4) is 0 Å². The molecule has 3 nitrogen and oxygen atoms in total. The van der Waals surface area contributed by atoms with Crippen molar-refractivity contribution in [2.45, 2.75) is 6.54 Å². The highest BCUT2D eigenvalue weighted by atomic mass is 16.3. The normalized spacial score (nSPS) is 9.55. The molecule has 0 bridgehead atoms. The second-order valence-electron chi connectivity index (χ2n) is 2.04. The van der Waals surface area contributed by atoms with Gasteiger partial charge in [0.25, 0.3) is 0 Å². The molecule has 1 heterocycles. The zero-order valence-electron chi connectivity index (χ0n) is 6.04. The summed E-state index contributed by atoms with van der Waals surface area (Å²) in [5, 5.41) is 0. The topological polar surface area (TPSA) is 56.2 Å². The molecule has 1 aromatic heterocycles. The van der Waals surface area contributed by atoms with Gasteiger partial charge >= 0.3 is 0 Å². The van der Waals surface area contributed by atoms with Crippen LogP contribution in [0, 0.1) is 0 Å². The Morgan fingerprint density at radius 1 is 1.73 bits per heavy atom. The molecule has 0 fully saturated rings. The van der Waals surface area contributed by atoms with Crippen LogP contribution in [0.5, 0.6) is 0 Å². The lowest BCUT2D eigenvalue weighted by Gasteiger charge is -1.87. The molecule has 0 aliphatic carbocycles. The van der Waals surface area contributed by atoms with Crippen LogP contribution >= 0.6 is 0 Å². The van der Waals surface area contributed by atoms with E-state index in [0.717, 1.165) is 0 Å². The van der Waals surface area contributed by atoms with Crippen LogP contribution < -0.4 is 5.73 Å². The Morgan fingerprint density at radius 2 is 2.45 bits per heavy atom. The van der Waals surface area contributed by atoms with E-state index in [4.69, 9.17) is 10.2 Å². The summed E-state index contributed by atoms with van der Waals surface area (Å²) in [6, 6.07) is 3.27. The van der Waals surface area contributed by atoms with Crippen molar-refractivity contribution < 1.29 is 9.21 Å². The Hall–Kier alpha value is -1.35. The van der Waals surface area contributed by atoms with E-state index in [-0.39, 0.29) is 5.78 Å². The van der Waals surface area contributed by atoms with Gasteiger partial charge in [0.15, 0.2) is 5.76 Å². The van der Waals surface area contributed by atoms with Gasteiger partial charge in [-0.15, -0.1) is 0 Å². The van der Waals surface area contributed by atoms with E-state index in [1.54, 1.807) is 12.1 Å². The van der Waals surface area contributed by atoms with E-state index in [2.05, 4.69) is 6.58 Å². The highest BCUT2D eigenvalue weighted by Crippen LogP contribution is 2.07. The first-order chi connectivity index (χ1) is 5.27. The minimum absolute atomic E-state index is 0.218. The number of carbonyl (C=O) groups excluding carboxylic acids is 1. The highest BCUT2D eigenvalue weighted by Gasteiger charge is 2.05. The van der Waals surface area contributed by atoms with E-state index < -0.39 is 0 Å². The number of furan rings is 1. The van der Waals surface area contributed by atoms with Gasteiger partial charge in [0.05, 0.1) is 6.54 Å².